The second kappa shape index (κ2) is 2.87. The van der Waals surface area contributed by atoms with E-state index in [0.717, 1.165) is 24.5 Å². The fraction of sp³-hybridized carbons (Fsp3) is 0.500. The molecule has 1 aromatic carbocycles. The second-order valence-corrected chi connectivity index (χ2v) is 5.16. The third-order valence-electron chi connectivity index (χ3n) is 3.58. The van der Waals surface area contributed by atoms with Crippen molar-refractivity contribution in [2.75, 3.05) is 23.7 Å². The molecule has 0 atom stereocenters. The van der Waals surface area contributed by atoms with Gasteiger partial charge in [-0.1, -0.05) is 0 Å². The number of rotatable bonds is 1. The monoisotopic (exact) mass is 224 g/mol. The Morgan fingerprint density at radius 1 is 1.06 bits per heavy atom. The number of alkyl halides is 2. The second-order valence-electron chi connectivity index (χ2n) is 5.16. The van der Waals surface area contributed by atoms with E-state index in [4.69, 9.17) is 5.73 Å². The number of nitrogen functional groups attached to an aromatic ring is 1. The summed E-state index contributed by atoms with van der Waals surface area (Å²) in [5.74, 6) is -2.41. The predicted octanol–water partition coefficient (Wildman–Crippen LogP) is 2.50. The molecular weight excluding hydrogens is 210 g/mol. The lowest BCUT2D eigenvalue weighted by atomic mass is 9.61. The standard InChI is InChI=1S/C12H14F2N2/c13-12(14)5-11(6-12)7-16(8-11)10-3-1-9(15)2-4-10/h1-4H,5-8,15H2. The molecule has 2 nitrogen and oxygen atoms in total. The number of hydrogen-bond acceptors (Lipinski definition) is 2. The number of hydrogen-bond donors (Lipinski definition) is 1. The van der Waals surface area contributed by atoms with Gasteiger partial charge in [-0.25, -0.2) is 8.78 Å². The van der Waals surface area contributed by atoms with Gasteiger partial charge in [0.2, 0.25) is 5.92 Å². The van der Waals surface area contributed by atoms with Crippen LogP contribution in [0.2, 0.25) is 0 Å². The van der Waals surface area contributed by atoms with Crippen LogP contribution in [0, 0.1) is 5.41 Å². The van der Waals surface area contributed by atoms with Crippen LogP contribution in [0.3, 0.4) is 0 Å². The van der Waals surface area contributed by atoms with Crippen LogP contribution in [0.25, 0.3) is 0 Å². The molecule has 0 unspecified atom stereocenters. The van der Waals surface area contributed by atoms with E-state index in [1.54, 1.807) is 0 Å². The van der Waals surface area contributed by atoms with Crippen LogP contribution in [-0.2, 0) is 0 Å². The van der Waals surface area contributed by atoms with Gasteiger partial charge in [0.1, 0.15) is 0 Å². The highest BCUT2D eigenvalue weighted by atomic mass is 19.3. The molecule has 0 bridgehead atoms. The van der Waals surface area contributed by atoms with Crippen molar-refractivity contribution in [3.05, 3.63) is 24.3 Å². The molecule has 1 saturated heterocycles. The molecule has 4 heteroatoms. The van der Waals surface area contributed by atoms with Crippen LogP contribution < -0.4 is 10.6 Å². The third kappa shape index (κ3) is 1.44. The summed E-state index contributed by atoms with van der Waals surface area (Å²) in [7, 11) is 0. The molecular formula is C12H14F2N2. The SMILES string of the molecule is Nc1ccc(N2CC3(C2)CC(F)(F)C3)cc1. The van der Waals surface area contributed by atoms with Crippen molar-refractivity contribution in [2.24, 2.45) is 5.41 Å². The lowest BCUT2D eigenvalue weighted by Gasteiger charge is -2.59. The van der Waals surface area contributed by atoms with Crippen molar-refractivity contribution in [1.82, 2.24) is 0 Å². The maximum Gasteiger partial charge on any atom is 0.249 e. The number of nitrogens with two attached hydrogens (primary N) is 1. The minimum atomic E-state index is -2.41. The van der Waals surface area contributed by atoms with Gasteiger partial charge in [0.15, 0.2) is 0 Å². The fourth-order valence-corrected chi connectivity index (χ4v) is 2.90. The Bertz CT molecular complexity index is 398. The molecule has 1 heterocycles. The Morgan fingerprint density at radius 3 is 2.12 bits per heavy atom. The number of anilines is 2. The van der Waals surface area contributed by atoms with E-state index >= 15 is 0 Å². The lowest BCUT2D eigenvalue weighted by molar-refractivity contribution is -0.170. The molecule has 3 rings (SSSR count). The maximum atomic E-state index is 12.8. The number of nitrogens with zero attached hydrogens (tertiary/aromatic N) is 1. The van der Waals surface area contributed by atoms with Crippen LogP contribution in [0.5, 0.6) is 0 Å². The van der Waals surface area contributed by atoms with Gasteiger partial charge in [-0.15, -0.1) is 0 Å². The smallest absolute Gasteiger partial charge is 0.249 e. The van der Waals surface area contributed by atoms with Crippen molar-refractivity contribution < 1.29 is 8.78 Å². The Morgan fingerprint density at radius 2 is 1.62 bits per heavy atom. The largest absolute Gasteiger partial charge is 0.399 e. The molecule has 1 saturated carbocycles. The summed E-state index contributed by atoms with van der Waals surface area (Å²) in [4.78, 5) is 2.13. The average Bonchev–Trinajstić information content (AvgIpc) is 2.11. The minimum Gasteiger partial charge on any atom is -0.399 e. The summed E-state index contributed by atoms with van der Waals surface area (Å²) in [5.41, 5.74) is 7.30. The van der Waals surface area contributed by atoms with Crippen LogP contribution >= 0.6 is 0 Å². The van der Waals surface area contributed by atoms with Gasteiger partial charge >= 0.3 is 0 Å². The van der Waals surface area contributed by atoms with Crippen LogP contribution in [0.15, 0.2) is 24.3 Å². The third-order valence-corrected chi connectivity index (χ3v) is 3.58. The summed E-state index contributed by atoms with van der Waals surface area (Å²) in [6.45, 7) is 1.51. The Balaban J connectivity index is 1.64. The Kier molecular flexibility index (Phi) is 1.77. The normalized spacial score (nSPS) is 25.0. The molecule has 86 valence electrons. The Hall–Kier alpha value is -1.32. The first-order valence-corrected chi connectivity index (χ1v) is 5.47. The van der Waals surface area contributed by atoms with E-state index < -0.39 is 5.92 Å². The number of benzene rings is 1. The molecule has 2 aliphatic rings. The molecule has 1 aliphatic carbocycles. The van der Waals surface area contributed by atoms with E-state index in [1.165, 1.54) is 0 Å². The van der Waals surface area contributed by atoms with Crippen molar-refractivity contribution in [2.45, 2.75) is 18.8 Å². The summed E-state index contributed by atoms with van der Waals surface area (Å²) in [5, 5.41) is 0. The predicted molar refractivity (Wildman–Crippen MR) is 59.7 cm³/mol. The summed E-state index contributed by atoms with van der Waals surface area (Å²) < 4.78 is 25.6. The van der Waals surface area contributed by atoms with Gasteiger partial charge in [-0.3, -0.25) is 0 Å². The Labute approximate surface area is 93.0 Å². The first kappa shape index (κ1) is 9.87. The van der Waals surface area contributed by atoms with Gasteiger partial charge in [0, 0.05) is 42.7 Å². The highest BCUT2D eigenvalue weighted by molar-refractivity contribution is 5.55. The summed E-state index contributed by atoms with van der Waals surface area (Å²) >= 11 is 0. The highest BCUT2D eigenvalue weighted by Crippen LogP contribution is 2.57. The van der Waals surface area contributed by atoms with Crippen LogP contribution in [0.1, 0.15) is 12.8 Å². The summed E-state index contributed by atoms with van der Waals surface area (Å²) in [6.07, 6.45) is 0.122. The molecule has 1 spiro atoms. The van der Waals surface area contributed by atoms with Crippen molar-refractivity contribution in [1.29, 1.82) is 0 Å². The van der Waals surface area contributed by atoms with Gasteiger partial charge in [-0.05, 0) is 24.3 Å². The lowest BCUT2D eigenvalue weighted by Crippen LogP contribution is -2.65. The molecule has 2 fully saturated rings. The molecule has 0 aromatic heterocycles. The van der Waals surface area contributed by atoms with Crippen molar-refractivity contribution in [3.8, 4) is 0 Å². The zero-order valence-corrected chi connectivity index (χ0v) is 8.92. The van der Waals surface area contributed by atoms with E-state index in [1.807, 2.05) is 24.3 Å². The molecule has 0 amide bonds. The zero-order chi connectivity index (χ0) is 11.4. The van der Waals surface area contributed by atoms with Crippen LogP contribution in [-0.4, -0.2) is 19.0 Å². The molecule has 16 heavy (non-hydrogen) atoms. The first-order chi connectivity index (χ1) is 7.48. The highest BCUT2D eigenvalue weighted by Gasteiger charge is 2.61. The van der Waals surface area contributed by atoms with Crippen LogP contribution in [0.4, 0.5) is 20.2 Å². The molecule has 1 aliphatic heterocycles. The fourth-order valence-electron chi connectivity index (χ4n) is 2.90. The molecule has 1 aromatic rings. The van der Waals surface area contributed by atoms with Gasteiger partial charge in [0.05, 0.1) is 0 Å². The number of halogens is 2. The topological polar surface area (TPSA) is 29.3 Å². The van der Waals surface area contributed by atoms with Gasteiger partial charge < -0.3 is 10.6 Å². The summed E-state index contributed by atoms with van der Waals surface area (Å²) in [6, 6.07) is 7.57. The van der Waals surface area contributed by atoms with E-state index in [-0.39, 0.29) is 18.3 Å². The van der Waals surface area contributed by atoms with E-state index in [0.29, 0.717) is 0 Å². The van der Waals surface area contributed by atoms with Crippen molar-refractivity contribution in [3.63, 3.8) is 0 Å². The van der Waals surface area contributed by atoms with Gasteiger partial charge in [-0.2, -0.15) is 0 Å². The average molecular weight is 224 g/mol. The van der Waals surface area contributed by atoms with Crippen molar-refractivity contribution >= 4 is 11.4 Å². The molecule has 0 radical (unpaired) electrons. The van der Waals surface area contributed by atoms with E-state index in [9.17, 15) is 8.78 Å². The quantitative estimate of drug-likeness (QED) is 0.743. The maximum absolute atomic E-state index is 12.8. The van der Waals surface area contributed by atoms with E-state index in [2.05, 4.69) is 4.90 Å². The van der Waals surface area contributed by atoms with Gasteiger partial charge in [0.25, 0.3) is 0 Å². The zero-order valence-electron chi connectivity index (χ0n) is 8.92. The first-order valence-electron chi connectivity index (χ1n) is 5.47. The molecule has 2 N–H and O–H groups in total. The minimum absolute atomic E-state index is 0.0610.